The maximum absolute atomic E-state index is 9.66. The van der Waals surface area contributed by atoms with Crippen LogP contribution in [-0.4, -0.2) is 25.7 Å². The smallest absolute Gasteiger partial charge is 0.191 e. The predicted octanol–water partition coefficient (Wildman–Crippen LogP) is 1.63. The number of hydrogen-bond acceptors (Lipinski definition) is 5. The highest BCUT2D eigenvalue weighted by Crippen LogP contribution is 2.33. The van der Waals surface area contributed by atoms with Gasteiger partial charge in [-0.15, -0.1) is 10.2 Å². The maximum atomic E-state index is 9.66. The fraction of sp³-hybridized carbons (Fsp3) is 0.462. The topological polar surface area (TPSA) is 86.7 Å². The van der Waals surface area contributed by atoms with Crippen LogP contribution in [0, 0.1) is 0 Å². The first-order chi connectivity index (χ1) is 9.24. The number of aryl methyl sites for hydroxylation is 1. The highest BCUT2D eigenvalue weighted by molar-refractivity contribution is 5.38. The van der Waals surface area contributed by atoms with Crippen molar-refractivity contribution in [1.82, 2.24) is 25.9 Å². The van der Waals surface area contributed by atoms with Crippen molar-refractivity contribution >= 4 is 0 Å². The zero-order valence-electron chi connectivity index (χ0n) is 10.8. The molecule has 0 spiro atoms. The summed E-state index contributed by atoms with van der Waals surface area (Å²) >= 11 is 0. The highest BCUT2D eigenvalue weighted by atomic mass is 16.3. The molecule has 2 unspecified atom stereocenters. The molecular weight excluding hydrogens is 242 g/mol. The van der Waals surface area contributed by atoms with Gasteiger partial charge in [-0.25, -0.2) is 0 Å². The lowest BCUT2D eigenvalue weighted by Crippen LogP contribution is -2.28. The van der Waals surface area contributed by atoms with E-state index in [-0.39, 0.29) is 12.1 Å². The Morgan fingerprint density at radius 3 is 3.16 bits per heavy atom. The minimum absolute atomic E-state index is 0.0250. The van der Waals surface area contributed by atoms with E-state index in [2.05, 4.69) is 25.9 Å². The Balaban J connectivity index is 1.81. The van der Waals surface area contributed by atoms with E-state index in [1.165, 1.54) is 11.1 Å². The molecule has 6 nitrogen and oxygen atoms in total. The van der Waals surface area contributed by atoms with Crippen LogP contribution in [0.4, 0.5) is 0 Å². The Morgan fingerprint density at radius 1 is 1.47 bits per heavy atom. The van der Waals surface area contributed by atoms with Crippen LogP contribution in [0.5, 0.6) is 5.75 Å². The first kappa shape index (κ1) is 12.1. The summed E-state index contributed by atoms with van der Waals surface area (Å²) in [7, 11) is 0. The van der Waals surface area contributed by atoms with Crippen LogP contribution in [0.3, 0.4) is 0 Å². The number of aromatic nitrogens is 4. The standard InChI is InChI=1S/C13H17N5O/c1-8(13-15-17-18-16-13)14-12-4-2-3-9-5-6-10(19)7-11(9)12/h5-8,12,14,19H,2-4H2,1H3,(H,15,16,17,18). The van der Waals surface area contributed by atoms with Gasteiger partial charge in [0.1, 0.15) is 5.75 Å². The van der Waals surface area contributed by atoms with Gasteiger partial charge in [-0.3, -0.25) is 0 Å². The van der Waals surface area contributed by atoms with Crippen LogP contribution < -0.4 is 5.32 Å². The molecule has 0 aliphatic heterocycles. The lowest BCUT2D eigenvalue weighted by Gasteiger charge is -2.28. The zero-order chi connectivity index (χ0) is 13.2. The maximum Gasteiger partial charge on any atom is 0.191 e. The highest BCUT2D eigenvalue weighted by Gasteiger charge is 2.23. The molecule has 1 aliphatic carbocycles. The van der Waals surface area contributed by atoms with E-state index in [1.54, 1.807) is 6.07 Å². The van der Waals surface area contributed by atoms with Gasteiger partial charge in [-0.2, -0.15) is 5.21 Å². The molecule has 3 rings (SSSR count). The number of nitrogens with zero attached hydrogens (tertiary/aromatic N) is 3. The number of tetrazole rings is 1. The number of nitrogens with one attached hydrogen (secondary N) is 2. The number of hydrogen-bond donors (Lipinski definition) is 3. The molecule has 19 heavy (non-hydrogen) atoms. The predicted molar refractivity (Wildman–Crippen MR) is 69.5 cm³/mol. The largest absolute Gasteiger partial charge is 0.508 e. The molecule has 2 atom stereocenters. The number of H-pyrrole nitrogens is 1. The molecule has 100 valence electrons. The molecule has 0 bridgehead atoms. The van der Waals surface area contributed by atoms with Crippen LogP contribution in [-0.2, 0) is 6.42 Å². The molecule has 0 fully saturated rings. The van der Waals surface area contributed by atoms with Gasteiger partial charge in [-0.1, -0.05) is 11.3 Å². The van der Waals surface area contributed by atoms with Gasteiger partial charge in [-0.05, 0) is 49.4 Å². The van der Waals surface area contributed by atoms with Crippen molar-refractivity contribution in [2.75, 3.05) is 0 Å². The Labute approximate surface area is 111 Å². The van der Waals surface area contributed by atoms with E-state index in [9.17, 15) is 5.11 Å². The fourth-order valence-corrected chi connectivity index (χ4v) is 2.69. The molecule has 0 amide bonds. The third-order valence-corrected chi connectivity index (χ3v) is 3.64. The van der Waals surface area contributed by atoms with Crippen LogP contribution in [0.25, 0.3) is 0 Å². The Hall–Kier alpha value is -1.95. The van der Waals surface area contributed by atoms with Crippen molar-refractivity contribution in [2.24, 2.45) is 0 Å². The minimum Gasteiger partial charge on any atom is -0.508 e. The van der Waals surface area contributed by atoms with E-state index in [1.807, 2.05) is 19.1 Å². The molecular formula is C13H17N5O. The fourth-order valence-electron chi connectivity index (χ4n) is 2.69. The number of rotatable bonds is 3. The Morgan fingerprint density at radius 2 is 2.37 bits per heavy atom. The average Bonchev–Trinajstić information content (AvgIpc) is 2.93. The van der Waals surface area contributed by atoms with E-state index in [0.29, 0.717) is 11.6 Å². The third-order valence-electron chi connectivity index (χ3n) is 3.64. The van der Waals surface area contributed by atoms with Crippen LogP contribution in [0.2, 0.25) is 0 Å². The monoisotopic (exact) mass is 259 g/mol. The summed E-state index contributed by atoms with van der Waals surface area (Å²) in [6.07, 6.45) is 3.28. The normalized spacial score (nSPS) is 19.9. The molecule has 2 aromatic rings. The van der Waals surface area contributed by atoms with E-state index < -0.39 is 0 Å². The van der Waals surface area contributed by atoms with Crippen molar-refractivity contribution in [2.45, 2.75) is 38.3 Å². The van der Waals surface area contributed by atoms with Crippen LogP contribution >= 0.6 is 0 Å². The molecule has 0 saturated carbocycles. The number of aromatic hydroxyl groups is 1. The molecule has 1 aromatic heterocycles. The van der Waals surface area contributed by atoms with Gasteiger partial charge >= 0.3 is 0 Å². The van der Waals surface area contributed by atoms with Crippen LogP contribution in [0.1, 0.15) is 48.8 Å². The molecule has 1 aromatic carbocycles. The Bertz CT molecular complexity index is 554. The van der Waals surface area contributed by atoms with Crippen LogP contribution in [0.15, 0.2) is 18.2 Å². The molecule has 0 saturated heterocycles. The number of aromatic amines is 1. The van der Waals surface area contributed by atoms with E-state index in [4.69, 9.17) is 0 Å². The summed E-state index contributed by atoms with van der Waals surface area (Å²) < 4.78 is 0. The van der Waals surface area contributed by atoms with Gasteiger partial charge in [0.25, 0.3) is 0 Å². The van der Waals surface area contributed by atoms with E-state index >= 15 is 0 Å². The number of phenolic OH excluding ortho intramolecular Hbond substituents is 1. The summed E-state index contributed by atoms with van der Waals surface area (Å²) in [4.78, 5) is 0. The van der Waals surface area contributed by atoms with Crippen molar-refractivity contribution in [1.29, 1.82) is 0 Å². The van der Waals surface area contributed by atoms with Crippen molar-refractivity contribution in [3.05, 3.63) is 35.2 Å². The molecule has 6 heteroatoms. The second-order valence-corrected chi connectivity index (χ2v) is 4.99. The summed E-state index contributed by atoms with van der Waals surface area (Å²) in [6.45, 7) is 2.02. The average molecular weight is 259 g/mol. The number of phenols is 1. The van der Waals surface area contributed by atoms with Gasteiger partial charge in [0.2, 0.25) is 0 Å². The van der Waals surface area contributed by atoms with E-state index in [0.717, 1.165) is 19.3 Å². The van der Waals surface area contributed by atoms with Crippen molar-refractivity contribution in [3.63, 3.8) is 0 Å². The number of benzene rings is 1. The van der Waals surface area contributed by atoms with Crippen molar-refractivity contribution in [3.8, 4) is 5.75 Å². The third kappa shape index (κ3) is 2.44. The molecule has 3 N–H and O–H groups in total. The quantitative estimate of drug-likeness (QED) is 0.780. The molecule has 0 radical (unpaired) electrons. The van der Waals surface area contributed by atoms with Gasteiger partial charge in [0.15, 0.2) is 5.82 Å². The second kappa shape index (κ2) is 4.97. The SMILES string of the molecule is CC(NC1CCCc2ccc(O)cc21)c1nn[nH]n1. The first-order valence-corrected chi connectivity index (χ1v) is 6.55. The van der Waals surface area contributed by atoms with Gasteiger partial charge < -0.3 is 10.4 Å². The summed E-state index contributed by atoms with van der Waals surface area (Å²) in [5, 5.41) is 27.2. The lowest BCUT2D eigenvalue weighted by molar-refractivity contribution is 0.402. The lowest BCUT2D eigenvalue weighted by atomic mass is 9.87. The zero-order valence-corrected chi connectivity index (χ0v) is 10.8. The summed E-state index contributed by atoms with van der Waals surface area (Å²) in [5.74, 6) is 0.979. The molecule has 1 heterocycles. The molecule has 1 aliphatic rings. The summed E-state index contributed by atoms with van der Waals surface area (Å²) in [6, 6.07) is 5.87. The summed E-state index contributed by atoms with van der Waals surface area (Å²) in [5.41, 5.74) is 2.49. The van der Waals surface area contributed by atoms with Crippen molar-refractivity contribution < 1.29 is 5.11 Å². The minimum atomic E-state index is 0.0250. The first-order valence-electron chi connectivity index (χ1n) is 6.55. The number of fused-ring (bicyclic) bond motifs is 1. The second-order valence-electron chi connectivity index (χ2n) is 4.99. The van der Waals surface area contributed by atoms with Gasteiger partial charge in [0.05, 0.1) is 6.04 Å². The Kier molecular flexibility index (Phi) is 3.16. The van der Waals surface area contributed by atoms with Gasteiger partial charge in [0, 0.05) is 6.04 Å².